The minimum absolute atomic E-state index is 0.189. The number of allylic oxidation sites excluding steroid dienone is 1. The molecule has 0 N–H and O–H groups in total. The van der Waals surface area contributed by atoms with Gasteiger partial charge in [-0.1, -0.05) is 47.5 Å². The van der Waals surface area contributed by atoms with Gasteiger partial charge in [0.2, 0.25) is 9.84 Å². The second-order valence-electron chi connectivity index (χ2n) is 5.56. The quantitative estimate of drug-likeness (QED) is 0.758. The summed E-state index contributed by atoms with van der Waals surface area (Å²) in [6.45, 7) is 3.48. The van der Waals surface area contributed by atoms with Crippen LogP contribution >= 0.6 is 0 Å². The molecule has 0 bridgehead atoms. The van der Waals surface area contributed by atoms with Crippen LogP contribution in [0.4, 0.5) is 13.2 Å². The molecule has 0 aliphatic heterocycles. The number of ketones is 1. The smallest absolute Gasteiger partial charge is 0.283 e. The molecule has 0 spiro atoms. The van der Waals surface area contributed by atoms with Crippen molar-refractivity contribution in [1.82, 2.24) is 0 Å². The van der Waals surface area contributed by atoms with Crippen LogP contribution < -0.4 is 0 Å². The average molecular weight is 368 g/mol. The minimum atomic E-state index is -5.30. The number of Topliss-reactive ketones (excluding diaryl/α,β-unsaturated/α-hetero) is 1. The molecule has 2 aromatic carbocycles. The van der Waals surface area contributed by atoms with E-state index in [4.69, 9.17) is 0 Å². The van der Waals surface area contributed by atoms with E-state index in [9.17, 15) is 26.4 Å². The summed E-state index contributed by atoms with van der Waals surface area (Å²) >= 11 is 0. The fraction of sp³-hybridized carbons (Fsp3) is 0.167. The van der Waals surface area contributed by atoms with E-state index in [1.165, 1.54) is 36.4 Å². The van der Waals surface area contributed by atoms with Gasteiger partial charge in [0.15, 0.2) is 0 Å². The second-order valence-corrected chi connectivity index (χ2v) is 7.48. The molecule has 132 valence electrons. The standard InChI is InChI=1S/C18H15F3O3S/c1-12-3-7-14(8-4-12)11-16(17(22)18(19,20)21)25(23,24)15-9-5-13(2)6-10-15/h3-11H,1-2H3/b16-11+. The molecular formula is C18H15F3O3S. The maximum atomic E-state index is 12.9. The van der Waals surface area contributed by atoms with Crippen LogP contribution in [0.1, 0.15) is 16.7 Å². The van der Waals surface area contributed by atoms with Crippen LogP contribution in [-0.2, 0) is 14.6 Å². The molecule has 2 aromatic rings. The summed E-state index contributed by atoms with van der Waals surface area (Å²) in [5, 5.41) is 0. The Bertz CT molecular complexity index is 908. The number of rotatable bonds is 4. The maximum Gasteiger partial charge on any atom is 0.455 e. The lowest BCUT2D eigenvalue weighted by Crippen LogP contribution is -2.28. The highest BCUT2D eigenvalue weighted by atomic mass is 32.2. The van der Waals surface area contributed by atoms with Crippen molar-refractivity contribution in [3.63, 3.8) is 0 Å². The SMILES string of the molecule is Cc1ccc(/C=C(\C(=O)C(F)(F)F)S(=O)(=O)c2ccc(C)cc2)cc1. The molecule has 0 saturated carbocycles. The average Bonchev–Trinajstić information content (AvgIpc) is 2.53. The Morgan fingerprint density at radius 2 is 1.32 bits per heavy atom. The monoisotopic (exact) mass is 368 g/mol. The van der Waals surface area contributed by atoms with Crippen molar-refractivity contribution in [2.75, 3.05) is 0 Å². The Kier molecular flexibility index (Phi) is 5.17. The summed E-state index contributed by atoms with van der Waals surface area (Å²) in [6.07, 6.45) is -4.54. The number of hydrogen-bond donors (Lipinski definition) is 0. The molecule has 0 fully saturated rings. The van der Waals surface area contributed by atoms with Gasteiger partial charge in [-0.3, -0.25) is 4.79 Å². The molecule has 25 heavy (non-hydrogen) atoms. The first kappa shape index (κ1) is 18.9. The molecule has 0 heterocycles. The van der Waals surface area contributed by atoms with Crippen LogP contribution in [-0.4, -0.2) is 20.4 Å². The van der Waals surface area contributed by atoms with Crippen LogP contribution in [0.15, 0.2) is 58.3 Å². The van der Waals surface area contributed by atoms with Gasteiger partial charge in [0.1, 0.15) is 4.91 Å². The van der Waals surface area contributed by atoms with E-state index in [0.717, 1.165) is 17.2 Å². The van der Waals surface area contributed by atoms with Crippen molar-refractivity contribution >= 4 is 21.7 Å². The fourth-order valence-corrected chi connectivity index (χ4v) is 3.46. The first-order valence-corrected chi connectivity index (χ1v) is 8.72. The van der Waals surface area contributed by atoms with Crippen LogP contribution in [0.5, 0.6) is 0 Å². The molecular weight excluding hydrogens is 353 g/mol. The Morgan fingerprint density at radius 1 is 0.880 bits per heavy atom. The zero-order valence-electron chi connectivity index (χ0n) is 13.5. The van der Waals surface area contributed by atoms with Crippen molar-refractivity contribution in [2.24, 2.45) is 0 Å². The third-order valence-corrected chi connectivity index (χ3v) is 5.25. The van der Waals surface area contributed by atoms with Gasteiger partial charge in [-0.15, -0.1) is 0 Å². The summed E-state index contributed by atoms with van der Waals surface area (Å²) in [4.78, 5) is 10.1. The number of carbonyl (C=O) groups is 1. The van der Waals surface area contributed by atoms with Crippen molar-refractivity contribution in [2.45, 2.75) is 24.9 Å². The zero-order chi connectivity index (χ0) is 18.8. The highest BCUT2D eigenvalue weighted by Gasteiger charge is 2.45. The number of sulfone groups is 1. The normalized spacial score (nSPS) is 12.9. The molecule has 0 unspecified atom stereocenters. The van der Waals surface area contributed by atoms with Crippen LogP contribution in [0.3, 0.4) is 0 Å². The van der Waals surface area contributed by atoms with E-state index in [-0.39, 0.29) is 10.5 Å². The van der Waals surface area contributed by atoms with Crippen molar-refractivity contribution in [3.8, 4) is 0 Å². The van der Waals surface area contributed by atoms with Crippen LogP contribution in [0.25, 0.3) is 6.08 Å². The summed E-state index contributed by atoms with van der Waals surface area (Å²) in [6, 6.07) is 11.4. The summed E-state index contributed by atoms with van der Waals surface area (Å²) in [5.74, 6) is -2.39. The number of halogens is 3. The Balaban J connectivity index is 2.64. The highest BCUT2D eigenvalue weighted by Crippen LogP contribution is 2.29. The van der Waals surface area contributed by atoms with E-state index < -0.39 is 26.7 Å². The van der Waals surface area contributed by atoms with E-state index in [1.54, 1.807) is 26.0 Å². The van der Waals surface area contributed by atoms with Crippen molar-refractivity contribution < 1.29 is 26.4 Å². The molecule has 3 nitrogen and oxygen atoms in total. The fourth-order valence-electron chi connectivity index (χ4n) is 2.06. The third kappa shape index (κ3) is 4.36. The lowest BCUT2D eigenvalue weighted by atomic mass is 10.1. The van der Waals surface area contributed by atoms with Gasteiger partial charge in [-0.25, -0.2) is 8.42 Å². The number of aryl methyl sites for hydroxylation is 2. The van der Waals surface area contributed by atoms with Crippen LogP contribution in [0.2, 0.25) is 0 Å². The van der Waals surface area contributed by atoms with Crippen molar-refractivity contribution in [1.29, 1.82) is 0 Å². The Labute approximate surface area is 143 Å². The minimum Gasteiger partial charge on any atom is -0.283 e. The number of hydrogen-bond acceptors (Lipinski definition) is 3. The van der Waals surface area contributed by atoms with Gasteiger partial charge >= 0.3 is 6.18 Å². The molecule has 7 heteroatoms. The van der Waals surface area contributed by atoms with Gasteiger partial charge in [0, 0.05) is 0 Å². The van der Waals surface area contributed by atoms with E-state index in [1.807, 2.05) is 0 Å². The molecule has 0 aliphatic carbocycles. The Morgan fingerprint density at radius 3 is 1.76 bits per heavy atom. The molecule has 0 saturated heterocycles. The molecule has 0 radical (unpaired) electrons. The highest BCUT2D eigenvalue weighted by molar-refractivity contribution is 7.96. The summed E-state index contributed by atoms with van der Waals surface area (Å²) in [5.41, 5.74) is 1.78. The lowest BCUT2D eigenvalue weighted by molar-refractivity contribution is -0.165. The van der Waals surface area contributed by atoms with Gasteiger partial charge in [0.05, 0.1) is 4.90 Å². The van der Waals surface area contributed by atoms with E-state index >= 15 is 0 Å². The predicted octanol–water partition coefficient (Wildman–Crippen LogP) is 4.25. The number of benzene rings is 2. The Hall–Kier alpha value is -2.41. The van der Waals surface area contributed by atoms with Gasteiger partial charge in [-0.2, -0.15) is 13.2 Å². The topological polar surface area (TPSA) is 51.2 Å². The summed E-state index contributed by atoms with van der Waals surface area (Å²) < 4.78 is 64.0. The summed E-state index contributed by atoms with van der Waals surface area (Å²) in [7, 11) is -4.62. The van der Waals surface area contributed by atoms with Crippen molar-refractivity contribution in [3.05, 3.63) is 70.1 Å². The molecule has 0 aromatic heterocycles. The van der Waals surface area contributed by atoms with Gasteiger partial charge in [0.25, 0.3) is 5.78 Å². The first-order valence-electron chi connectivity index (χ1n) is 7.23. The molecule has 0 atom stereocenters. The number of alkyl halides is 3. The van der Waals surface area contributed by atoms with Gasteiger partial charge < -0.3 is 0 Å². The van der Waals surface area contributed by atoms with E-state index in [0.29, 0.717) is 0 Å². The lowest BCUT2D eigenvalue weighted by Gasteiger charge is -2.11. The second kappa shape index (κ2) is 6.84. The predicted molar refractivity (Wildman–Crippen MR) is 88.6 cm³/mol. The first-order chi connectivity index (χ1) is 11.5. The maximum absolute atomic E-state index is 12.9. The number of carbonyl (C=O) groups excluding carboxylic acids is 1. The van der Waals surface area contributed by atoms with Crippen LogP contribution in [0, 0.1) is 13.8 Å². The largest absolute Gasteiger partial charge is 0.455 e. The van der Waals surface area contributed by atoms with E-state index in [2.05, 4.69) is 0 Å². The molecule has 0 amide bonds. The molecule has 0 aliphatic rings. The third-order valence-electron chi connectivity index (χ3n) is 3.48. The molecule has 2 rings (SSSR count). The van der Waals surface area contributed by atoms with Gasteiger partial charge in [-0.05, 0) is 37.6 Å². The zero-order valence-corrected chi connectivity index (χ0v) is 14.3.